The highest BCUT2D eigenvalue weighted by atomic mass is 35.5. The number of halogens is 2. The summed E-state index contributed by atoms with van der Waals surface area (Å²) in [5, 5.41) is 4.94. The number of nitrogens with zero attached hydrogens (tertiary/aromatic N) is 1. The maximum Gasteiger partial charge on any atom is 0.0637 e. The average Bonchev–Trinajstić information content (AvgIpc) is 2.87. The first-order chi connectivity index (χ1) is 9.21. The summed E-state index contributed by atoms with van der Waals surface area (Å²) in [6.45, 7) is 4.20. The predicted molar refractivity (Wildman–Crippen MR) is 80.9 cm³/mol. The van der Waals surface area contributed by atoms with Crippen molar-refractivity contribution < 1.29 is 0 Å². The van der Waals surface area contributed by atoms with Crippen molar-refractivity contribution in [2.75, 3.05) is 19.6 Å². The highest BCUT2D eigenvalue weighted by Gasteiger charge is 2.41. The van der Waals surface area contributed by atoms with Gasteiger partial charge in [0.15, 0.2) is 0 Å². The number of hydrogen-bond acceptors (Lipinski definition) is 2. The molecule has 1 saturated carbocycles. The van der Waals surface area contributed by atoms with Crippen LogP contribution in [0.25, 0.3) is 0 Å². The van der Waals surface area contributed by atoms with Crippen LogP contribution < -0.4 is 5.32 Å². The minimum atomic E-state index is 0.351. The third-order valence-electron chi connectivity index (χ3n) is 4.61. The standard InChI is InChI=1S/C15H20Cl2N2/c16-13-5-3-4-12(14(13)17)10-19-9-8-18-11-15(19)6-1-2-7-15/h3-5,18H,1-2,6-11H2. The van der Waals surface area contributed by atoms with E-state index < -0.39 is 0 Å². The molecule has 3 rings (SSSR count). The first-order valence-electron chi connectivity index (χ1n) is 7.10. The van der Waals surface area contributed by atoms with Crippen molar-refractivity contribution >= 4 is 23.2 Å². The van der Waals surface area contributed by atoms with Gasteiger partial charge in [-0.2, -0.15) is 0 Å². The van der Waals surface area contributed by atoms with Gasteiger partial charge in [-0.1, -0.05) is 48.2 Å². The fraction of sp³-hybridized carbons (Fsp3) is 0.600. The number of rotatable bonds is 2. The van der Waals surface area contributed by atoms with Gasteiger partial charge in [-0.3, -0.25) is 4.90 Å². The lowest BCUT2D eigenvalue weighted by Crippen LogP contribution is -2.59. The Kier molecular flexibility index (Phi) is 4.04. The van der Waals surface area contributed by atoms with Crippen LogP contribution in [0.15, 0.2) is 18.2 Å². The molecule has 1 saturated heterocycles. The average molecular weight is 299 g/mol. The summed E-state index contributed by atoms with van der Waals surface area (Å²) in [4.78, 5) is 2.62. The van der Waals surface area contributed by atoms with Gasteiger partial charge in [0.2, 0.25) is 0 Å². The molecule has 0 unspecified atom stereocenters. The summed E-state index contributed by atoms with van der Waals surface area (Å²) >= 11 is 12.5. The molecule has 4 heteroatoms. The SMILES string of the molecule is Clc1cccc(CN2CCNCC23CCCC3)c1Cl. The molecule has 1 N–H and O–H groups in total. The zero-order valence-electron chi connectivity index (χ0n) is 11.1. The van der Waals surface area contributed by atoms with Crippen LogP contribution in [-0.4, -0.2) is 30.1 Å². The minimum absolute atomic E-state index is 0.351. The van der Waals surface area contributed by atoms with Crippen molar-refractivity contribution in [1.82, 2.24) is 10.2 Å². The quantitative estimate of drug-likeness (QED) is 0.895. The van der Waals surface area contributed by atoms with Crippen LogP contribution in [0.5, 0.6) is 0 Å². The number of nitrogens with one attached hydrogen (secondary N) is 1. The Morgan fingerprint density at radius 2 is 2.00 bits per heavy atom. The molecular weight excluding hydrogens is 279 g/mol. The lowest BCUT2D eigenvalue weighted by atomic mass is 9.92. The zero-order valence-corrected chi connectivity index (χ0v) is 12.6. The van der Waals surface area contributed by atoms with Gasteiger partial charge >= 0.3 is 0 Å². The van der Waals surface area contributed by atoms with E-state index in [0.717, 1.165) is 36.8 Å². The van der Waals surface area contributed by atoms with Crippen LogP contribution >= 0.6 is 23.2 Å². The van der Waals surface area contributed by atoms with Gasteiger partial charge < -0.3 is 5.32 Å². The number of hydrogen-bond donors (Lipinski definition) is 1. The van der Waals surface area contributed by atoms with E-state index in [1.807, 2.05) is 12.1 Å². The molecule has 1 aliphatic heterocycles. The van der Waals surface area contributed by atoms with Crippen molar-refractivity contribution in [2.24, 2.45) is 0 Å². The summed E-state index contributed by atoms with van der Waals surface area (Å²) in [6, 6.07) is 5.95. The van der Waals surface area contributed by atoms with Gasteiger partial charge in [0.05, 0.1) is 10.0 Å². The van der Waals surface area contributed by atoms with Gasteiger partial charge in [-0.25, -0.2) is 0 Å². The number of benzene rings is 1. The molecule has 1 aromatic rings. The second kappa shape index (κ2) is 5.61. The van der Waals surface area contributed by atoms with Gasteiger partial charge in [-0.05, 0) is 24.5 Å². The molecule has 2 fully saturated rings. The first kappa shape index (κ1) is 13.7. The molecular formula is C15H20Cl2N2. The fourth-order valence-electron chi connectivity index (χ4n) is 3.53. The van der Waals surface area contributed by atoms with Crippen molar-refractivity contribution in [2.45, 2.75) is 37.8 Å². The molecule has 0 aromatic heterocycles. The van der Waals surface area contributed by atoms with E-state index in [9.17, 15) is 0 Å². The molecule has 1 aromatic carbocycles. The number of piperazine rings is 1. The Bertz CT molecular complexity index is 455. The van der Waals surface area contributed by atoms with Crippen molar-refractivity contribution in [3.63, 3.8) is 0 Å². The van der Waals surface area contributed by atoms with Crippen molar-refractivity contribution in [3.8, 4) is 0 Å². The molecule has 2 aliphatic rings. The molecule has 1 heterocycles. The van der Waals surface area contributed by atoms with Gasteiger partial charge in [0.25, 0.3) is 0 Å². The summed E-state index contributed by atoms with van der Waals surface area (Å²) in [6.07, 6.45) is 5.30. The summed E-state index contributed by atoms with van der Waals surface area (Å²) in [5.74, 6) is 0. The van der Waals surface area contributed by atoms with E-state index >= 15 is 0 Å². The van der Waals surface area contributed by atoms with E-state index in [2.05, 4.69) is 16.3 Å². The maximum absolute atomic E-state index is 6.33. The third kappa shape index (κ3) is 2.64. The van der Waals surface area contributed by atoms with Gasteiger partial charge in [-0.15, -0.1) is 0 Å². The van der Waals surface area contributed by atoms with Gasteiger partial charge in [0.1, 0.15) is 0 Å². The first-order valence-corrected chi connectivity index (χ1v) is 7.86. The molecule has 0 atom stereocenters. The molecule has 1 aliphatic carbocycles. The zero-order chi connectivity index (χ0) is 13.3. The maximum atomic E-state index is 6.33. The second-order valence-corrected chi connectivity index (χ2v) is 6.53. The van der Waals surface area contributed by atoms with Crippen LogP contribution in [0, 0.1) is 0 Å². The summed E-state index contributed by atoms with van der Waals surface area (Å²) in [5.41, 5.74) is 1.51. The molecule has 19 heavy (non-hydrogen) atoms. The van der Waals surface area contributed by atoms with Crippen LogP contribution in [-0.2, 0) is 6.54 Å². The predicted octanol–water partition coefficient (Wildman–Crippen LogP) is 3.71. The largest absolute Gasteiger partial charge is 0.314 e. The van der Waals surface area contributed by atoms with Crippen LogP contribution in [0.4, 0.5) is 0 Å². The van der Waals surface area contributed by atoms with E-state index in [1.165, 1.54) is 25.7 Å². The van der Waals surface area contributed by atoms with Crippen LogP contribution in [0.3, 0.4) is 0 Å². The Labute approximate surface area is 125 Å². The van der Waals surface area contributed by atoms with E-state index in [1.54, 1.807) is 0 Å². The Balaban J connectivity index is 1.82. The molecule has 1 spiro atoms. The monoisotopic (exact) mass is 298 g/mol. The summed E-state index contributed by atoms with van der Waals surface area (Å²) in [7, 11) is 0. The molecule has 0 amide bonds. The highest BCUT2D eigenvalue weighted by molar-refractivity contribution is 6.42. The molecule has 0 bridgehead atoms. The Morgan fingerprint density at radius 3 is 2.79 bits per heavy atom. The van der Waals surface area contributed by atoms with Crippen LogP contribution in [0.2, 0.25) is 10.0 Å². The third-order valence-corrected chi connectivity index (χ3v) is 5.47. The molecule has 104 valence electrons. The van der Waals surface area contributed by atoms with E-state index in [4.69, 9.17) is 23.2 Å². The van der Waals surface area contributed by atoms with E-state index in [0.29, 0.717) is 10.6 Å². The Morgan fingerprint density at radius 1 is 1.21 bits per heavy atom. The fourth-order valence-corrected chi connectivity index (χ4v) is 3.91. The van der Waals surface area contributed by atoms with E-state index in [-0.39, 0.29) is 0 Å². The van der Waals surface area contributed by atoms with Crippen LogP contribution in [0.1, 0.15) is 31.2 Å². The topological polar surface area (TPSA) is 15.3 Å². The normalized spacial score (nSPS) is 23.1. The highest BCUT2D eigenvalue weighted by Crippen LogP contribution is 2.38. The smallest absolute Gasteiger partial charge is 0.0637 e. The molecule has 2 nitrogen and oxygen atoms in total. The Hall–Kier alpha value is -0.280. The lowest BCUT2D eigenvalue weighted by molar-refractivity contribution is 0.0573. The minimum Gasteiger partial charge on any atom is -0.314 e. The van der Waals surface area contributed by atoms with Gasteiger partial charge in [0, 0.05) is 31.7 Å². The molecule has 0 radical (unpaired) electrons. The lowest BCUT2D eigenvalue weighted by Gasteiger charge is -2.45. The second-order valence-electron chi connectivity index (χ2n) is 5.74. The summed E-state index contributed by atoms with van der Waals surface area (Å²) < 4.78 is 0. The van der Waals surface area contributed by atoms with Crippen molar-refractivity contribution in [3.05, 3.63) is 33.8 Å². The van der Waals surface area contributed by atoms with Crippen molar-refractivity contribution in [1.29, 1.82) is 0 Å².